The molecular formula is C17H15ClN2O2. The molecule has 0 N–H and O–H groups in total. The maximum atomic E-state index is 6.22. The summed E-state index contributed by atoms with van der Waals surface area (Å²) in [6, 6.07) is 7.85. The number of hydrogen-bond donors (Lipinski definition) is 0. The fourth-order valence-corrected chi connectivity index (χ4v) is 3.05. The Bertz CT molecular complexity index is 743. The second kappa shape index (κ2) is 5.29. The molecule has 5 heteroatoms. The molecular weight excluding hydrogens is 300 g/mol. The second-order valence-electron chi connectivity index (χ2n) is 5.50. The highest BCUT2D eigenvalue weighted by Crippen LogP contribution is 2.44. The maximum Gasteiger partial charge on any atom is 0.174 e. The molecule has 1 aromatic heterocycles. The molecule has 1 unspecified atom stereocenters. The van der Waals surface area contributed by atoms with E-state index >= 15 is 0 Å². The zero-order valence-corrected chi connectivity index (χ0v) is 12.9. The van der Waals surface area contributed by atoms with Crippen LogP contribution in [0, 0.1) is 0 Å². The lowest BCUT2D eigenvalue weighted by Gasteiger charge is -2.30. The molecule has 2 aliphatic heterocycles. The molecule has 4 rings (SSSR count). The van der Waals surface area contributed by atoms with E-state index in [1.165, 1.54) is 5.56 Å². The van der Waals surface area contributed by atoms with E-state index in [1.807, 2.05) is 24.4 Å². The highest BCUT2D eigenvalue weighted by molar-refractivity contribution is 6.30. The molecule has 0 aliphatic carbocycles. The molecule has 2 atom stereocenters. The van der Waals surface area contributed by atoms with Gasteiger partial charge in [-0.3, -0.25) is 9.98 Å². The van der Waals surface area contributed by atoms with Crippen LogP contribution < -0.4 is 9.47 Å². The first kappa shape index (κ1) is 13.6. The molecule has 2 aliphatic rings. The molecule has 0 saturated carbocycles. The number of halogens is 1. The first-order chi connectivity index (χ1) is 10.7. The van der Waals surface area contributed by atoms with Crippen LogP contribution in [0.25, 0.3) is 0 Å². The summed E-state index contributed by atoms with van der Waals surface area (Å²) >= 11 is 5.90. The van der Waals surface area contributed by atoms with Crippen LogP contribution >= 0.6 is 11.6 Å². The number of benzene rings is 1. The largest absolute Gasteiger partial charge is 0.485 e. The number of fused-ring (bicyclic) bond motifs is 3. The quantitative estimate of drug-likeness (QED) is 0.801. The molecule has 0 fully saturated rings. The summed E-state index contributed by atoms with van der Waals surface area (Å²) in [5.41, 5.74) is 3.19. The second-order valence-corrected chi connectivity index (χ2v) is 5.93. The molecule has 2 aromatic rings. The lowest BCUT2D eigenvalue weighted by molar-refractivity contribution is 0.0864. The number of rotatable bonds is 1. The van der Waals surface area contributed by atoms with Crippen LogP contribution in [-0.2, 0) is 6.42 Å². The first-order valence-corrected chi connectivity index (χ1v) is 7.68. The Morgan fingerprint density at radius 2 is 2.14 bits per heavy atom. The Labute approximate surface area is 133 Å². The summed E-state index contributed by atoms with van der Waals surface area (Å²) in [5, 5.41) is 0.612. The van der Waals surface area contributed by atoms with Crippen LogP contribution in [0.5, 0.6) is 11.5 Å². The number of hydrogen-bond acceptors (Lipinski definition) is 4. The SMILES string of the molecule is CC1N=CCc2ccc3c(c21)O[C@@H](c1ccc(Cl)cn1)CO3. The minimum absolute atomic E-state index is 0.0826. The molecule has 4 nitrogen and oxygen atoms in total. The number of nitrogens with zero attached hydrogens (tertiary/aromatic N) is 2. The van der Waals surface area contributed by atoms with Gasteiger partial charge in [-0.25, -0.2) is 0 Å². The van der Waals surface area contributed by atoms with Gasteiger partial charge in [-0.05, 0) is 30.7 Å². The van der Waals surface area contributed by atoms with Gasteiger partial charge in [0.15, 0.2) is 17.6 Å². The zero-order chi connectivity index (χ0) is 15.1. The van der Waals surface area contributed by atoms with Crippen LogP contribution in [0.2, 0.25) is 5.02 Å². The molecule has 3 heterocycles. The van der Waals surface area contributed by atoms with Crippen molar-refractivity contribution in [2.45, 2.75) is 25.5 Å². The van der Waals surface area contributed by atoms with Crippen molar-refractivity contribution in [1.29, 1.82) is 0 Å². The molecule has 112 valence electrons. The van der Waals surface area contributed by atoms with Crippen LogP contribution in [0.3, 0.4) is 0 Å². The van der Waals surface area contributed by atoms with Crippen molar-refractivity contribution < 1.29 is 9.47 Å². The summed E-state index contributed by atoms with van der Waals surface area (Å²) in [6.45, 7) is 2.51. The minimum atomic E-state index is -0.227. The number of ether oxygens (including phenoxy) is 2. The van der Waals surface area contributed by atoms with Gasteiger partial charge in [-0.2, -0.15) is 0 Å². The van der Waals surface area contributed by atoms with E-state index in [4.69, 9.17) is 21.1 Å². The molecule has 0 radical (unpaired) electrons. The first-order valence-electron chi connectivity index (χ1n) is 7.30. The van der Waals surface area contributed by atoms with Crippen LogP contribution in [0.4, 0.5) is 0 Å². The van der Waals surface area contributed by atoms with Crippen LogP contribution in [0.15, 0.2) is 35.5 Å². The average molecular weight is 315 g/mol. The Morgan fingerprint density at radius 3 is 2.95 bits per heavy atom. The van der Waals surface area contributed by atoms with E-state index in [1.54, 1.807) is 6.20 Å². The maximum absolute atomic E-state index is 6.22. The van der Waals surface area contributed by atoms with Crippen molar-refractivity contribution in [3.8, 4) is 11.5 Å². The van der Waals surface area contributed by atoms with Gasteiger partial charge in [0.25, 0.3) is 0 Å². The monoisotopic (exact) mass is 314 g/mol. The molecule has 0 saturated heterocycles. The van der Waals surface area contributed by atoms with Gasteiger partial charge in [0, 0.05) is 24.4 Å². The third-order valence-electron chi connectivity index (χ3n) is 4.04. The molecule has 0 amide bonds. The molecule has 0 bridgehead atoms. The van der Waals surface area contributed by atoms with Crippen molar-refractivity contribution in [2.75, 3.05) is 6.61 Å². The van der Waals surface area contributed by atoms with Gasteiger partial charge in [-0.1, -0.05) is 17.7 Å². The predicted molar refractivity (Wildman–Crippen MR) is 85.2 cm³/mol. The van der Waals surface area contributed by atoms with E-state index in [0.29, 0.717) is 11.6 Å². The Morgan fingerprint density at radius 1 is 1.23 bits per heavy atom. The van der Waals surface area contributed by atoms with Crippen molar-refractivity contribution in [2.24, 2.45) is 4.99 Å². The Balaban J connectivity index is 1.72. The summed E-state index contributed by atoms with van der Waals surface area (Å²) in [4.78, 5) is 8.83. The van der Waals surface area contributed by atoms with Gasteiger partial charge in [-0.15, -0.1) is 0 Å². The van der Waals surface area contributed by atoms with Crippen LogP contribution in [0.1, 0.15) is 35.9 Å². The smallest absolute Gasteiger partial charge is 0.174 e. The summed E-state index contributed by atoms with van der Waals surface area (Å²) in [5.74, 6) is 1.59. The summed E-state index contributed by atoms with van der Waals surface area (Å²) in [6.07, 6.45) is 4.19. The Hall–Kier alpha value is -2.07. The van der Waals surface area contributed by atoms with E-state index < -0.39 is 0 Å². The molecule has 1 aromatic carbocycles. The van der Waals surface area contributed by atoms with Crippen molar-refractivity contribution in [3.63, 3.8) is 0 Å². The van der Waals surface area contributed by atoms with Gasteiger partial charge in [0.05, 0.1) is 16.8 Å². The van der Waals surface area contributed by atoms with E-state index in [0.717, 1.165) is 29.2 Å². The summed E-state index contributed by atoms with van der Waals surface area (Å²) < 4.78 is 12.1. The third kappa shape index (κ3) is 2.24. The number of aliphatic imine (C=N–C) groups is 1. The minimum Gasteiger partial charge on any atom is -0.485 e. The molecule has 22 heavy (non-hydrogen) atoms. The van der Waals surface area contributed by atoms with Gasteiger partial charge in [0.2, 0.25) is 0 Å². The Kier molecular flexibility index (Phi) is 3.26. The van der Waals surface area contributed by atoms with Crippen molar-refractivity contribution in [3.05, 3.63) is 52.3 Å². The average Bonchev–Trinajstić information content (AvgIpc) is 2.55. The summed E-state index contributed by atoms with van der Waals surface area (Å²) in [7, 11) is 0. The number of pyridine rings is 1. The molecule has 0 spiro atoms. The standard InChI is InChI=1S/C17H15ClN2O2/c1-10-16-11(6-7-19-10)2-5-14-17(16)22-15(9-21-14)13-4-3-12(18)8-20-13/h2-5,7-8,10,15H,6,9H2,1H3/t10?,15-/m1/s1. The topological polar surface area (TPSA) is 43.7 Å². The fourth-order valence-electron chi connectivity index (χ4n) is 2.94. The number of aromatic nitrogens is 1. The van der Waals surface area contributed by atoms with Gasteiger partial charge >= 0.3 is 0 Å². The van der Waals surface area contributed by atoms with E-state index in [2.05, 4.69) is 23.0 Å². The highest BCUT2D eigenvalue weighted by Gasteiger charge is 2.29. The fraction of sp³-hybridized carbons (Fsp3) is 0.294. The lowest BCUT2D eigenvalue weighted by atomic mass is 9.95. The predicted octanol–water partition coefficient (Wildman–Crippen LogP) is 3.94. The van der Waals surface area contributed by atoms with Gasteiger partial charge < -0.3 is 9.47 Å². The van der Waals surface area contributed by atoms with Gasteiger partial charge in [0.1, 0.15) is 6.61 Å². The van der Waals surface area contributed by atoms with E-state index in [-0.39, 0.29) is 12.1 Å². The van der Waals surface area contributed by atoms with E-state index in [9.17, 15) is 0 Å². The zero-order valence-electron chi connectivity index (χ0n) is 12.1. The van der Waals surface area contributed by atoms with Crippen LogP contribution in [-0.4, -0.2) is 17.8 Å². The van der Waals surface area contributed by atoms with Crippen molar-refractivity contribution >= 4 is 17.8 Å². The highest BCUT2D eigenvalue weighted by atomic mass is 35.5. The lowest BCUT2D eigenvalue weighted by Crippen LogP contribution is -2.24. The van der Waals surface area contributed by atoms with Crippen molar-refractivity contribution in [1.82, 2.24) is 4.98 Å². The normalized spacial score (nSPS) is 22.3. The third-order valence-corrected chi connectivity index (χ3v) is 4.26.